The Morgan fingerprint density at radius 1 is 1.33 bits per heavy atom. The van der Waals surface area contributed by atoms with E-state index in [0.717, 1.165) is 5.56 Å². The fourth-order valence-electron chi connectivity index (χ4n) is 1.57. The predicted molar refractivity (Wildman–Crippen MR) is 67.0 cm³/mol. The molecule has 1 aromatic rings. The second kappa shape index (κ2) is 6.74. The summed E-state index contributed by atoms with van der Waals surface area (Å²) in [5, 5.41) is 11.5. The van der Waals surface area contributed by atoms with Crippen molar-refractivity contribution in [2.75, 3.05) is 0 Å². The van der Waals surface area contributed by atoms with E-state index >= 15 is 0 Å². The minimum absolute atomic E-state index is 0.132. The lowest BCUT2D eigenvalue weighted by molar-refractivity contribution is -0.143. The third kappa shape index (κ3) is 4.53. The maximum atomic E-state index is 11.6. The van der Waals surface area contributed by atoms with Gasteiger partial charge in [-0.25, -0.2) is 4.79 Å². The molecular weight excluding hydrogens is 232 g/mol. The van der Waals surface area contributed by atoms with Crippen LogP contribution in [0.15, 0.2) is 24.5 Å². The molecule has 5 heteroatoms. The summed E-state index contributed by atoms with van der Waals surface area (Å²) in [4.78, 5) is 26.5. The minimum atomic E-state index is -0.998. The van der Waals surface area contributed by atoms with Crippen LogP contribution in [-0.4, -0.2) is 28.0 Å². The number of nitrogens with zero attached hydrogens (tertiary/aromatic N) is 1. The normalized spacial score (nSPS) is 12.2. The van der Waals surface area contributed by atoms with Crippen LogP contribution in [0.4, 0.5) is 0 Å². The highest BCUT2D eigenvalue weighted by atomic mass is 16.4. The molecule has 0 fully saturated rings. The lowest BCUT2D eigenvalue weighted by Gasteiger charge is -2.17. The summed E-state index contributed by atoms with van der Waals surface area (Å²) in [6.07, 6.45) is 4.20. The van der Waals surface area contributed by atoms with Crippen LogP contribution in [0.2, 0.25) is 0 Å². The molecule has 0 saturated heterocycles. The molecule has 1 unspecified atom stereocenters. The fraction of sp³-hybridized carbons (Fsp3) is 0.462. The van der Waals surface area contributed by atoms with Crippen LogP contribution in [0.3, 0.4) is 0 Å². The zero-order valence-corrected chi connectivity index (χ0v) is 10.6. The van der Waals surface area contributed by atoms with Crippen molar-refractivity contribution in [3.05, 3.63) is 30.1 Å². The molecule has 2 N–H and O–H groups in total. The number of carboxylic acid groups (broad SMARTS) is 1. The molecule has 1 amide bonds. The fourth-order valence-corrected chi connectivity index (χ4v) is 1.57. The van der Waals surface area contributed by atoms with Crippen LogP contribution in [0.25, 0.3) is 0 Å². The quantitative estimate of drug-likeness (QED) is 0.796. The summed E-state index contributed by atoms with van der Waals surface area (Å²) < 4.78 is 0. The molecule has 0 radical (unpaired) electrons. The Morgan fingerprint density at radius 2 is 1.94 bits per heavy atom. The first-order chi connectivity index (χ1) is 8.50. The van der Waals surface area contributed by atoms with Crippen LogP contribution in [0.1, 0.15) is 25.8 Å². The van der Waals surface area contributed by atoms with E-state index in [9.17, 15) is 9.59 Å². The first-order valence-corrected chi connectivity index (χ1v) is 5.91. The summed E-state index contributed by atoms with van der Waals surface area (Å²) in [5.41, 5.74) is 1.01. The summed E-state index contributed by atoms with van der Waals surface area (Å²) in [6.45, 7) is 3.53. The SMILES string of the molecule is CC(C)C(NC(=O)CCc1ccncc1)C(=O)O. The van der Waals surface area contributed by atoms with Crippen LogP contribution >= 0.6 is 0 Å². The highest BCUT2D eigenvalue weighted by molar-refractivity contribution is 5.83. The van der Waals surface area contributed by atoms with Crippen molar-refractivity contribution in [2.45, 2.75) is 32.7 Å². The van der Waals surface area contributed by atoms with E-state index in [1.165, 1.54) is 0 Å². The second-order valence-corrected chi connectivity index (χ2v) is 4.48. The van der Waals surface area contributed by atoms with Crippen molar-refractivity contribution < 1.29 is 14.7 Å². The smallest absolute Gasteiger partial charge is 0.326 e. The Kier molecular flexibility index (Phi) is 5.30. The highest BCUT2D eigenvalue weighted by Gasteiger charge is 2.22. The van der Waals surface area contributed by atoms with Crippen molar-refractivity contribution in [3.8, 4) is 0 Å². The Hall–Kier alpha value is -1.91. The van der Waals surface area contributed by atoms with Crippen molar-refractivity contribution in [3.63, 3.8) is 0 Å². The number of nitrogens with one attached hydrogen (secondary N) is 1. The number of carbonyl (C=O) groups excluding carboxylic acids is 1. The molecular formula is C13H18N2O3. The van der Waals surface area contributed by atoms with Gasteiger partial charge < -0.3 is 10.4 Å². The summed E-state index contributed by atoms with van der Waals surface area (Å²) in [7, 11) is 0. The third-order valence-electron chi connectivity index (χ3n) is 2.64. The topological polar surface area (TPSA) is 79.3 Å². The van der Waals surface area contributed by atoms with Gasteiger partial charge in [-0.05, 0) is 30.0 Å². The van der Waals surface area contributed by atoms with E-state index in [0.29, 0.717) is 6.42 Å². The van der Waals surface area contributed by atoms with E-state index < -0.39 is 12.0 Å². The van der Waals surface area contributed by atoms with Crippen LogP contribution in [-0.2, 0) is 16.0 Å². The average molecular weight is 250 g/mol. The zero-order chi connectivity index (χ0) is 13.5. The van der Waals surface area contributed by atoms with E-state index in [1.807, 2.05) is 12.1 Å². The van der Waals surface area contributed by atoms with Crippen molar-refractivity contribution in [1.82, 2.24) is 10.3 Å². The van der Waals surface area contributed by atoms with E-state index in [1.54, 1.807) is 26.2 Å². The molecule has 1 heterocycles. The summed E-state index contributed by atoms with van der Waals surface area (Å²) in [6, 6.07) is 2.85. The molecule has 5 nitrogen and oxygen atoms in total. The number of aryl methyl sites for hydroxylation is 1. The van der Waals surface area contributed by atoms with E-state index in [4.69, 9.17) is 5.11 Å². The second-order valence-electron chi connectivity index (χ2n) is 4.48. The first kappa shape index (κ1) is 14.2. The monoisotopic (exact) mass is 250 g/mol. The largest absolute Gasteiger partial charge is 0.480 e. The predicted octanol–water partition coefficient (Wildman–Crippen LogP) is 1.24. The minimum Gasteiger partial charge on any atom is -0.480 e. The average Bonchev–Trinajstić information content (AvgIpc) is 2.34. The van der Waals surface area contributed by atoms with Gasteiger partial charge in [-0.2, -0.15) is 0 Å². The Bertz CT molecular complexity index is 404. The third-order valence-corrected chi connectivity index (χ3v) is 2.64. The molecule has 0 aromatic carbocycles. The standard InChI is InChI=1S/C13H18N2O3/c1-9(2)12(13(17)18)15-11(16)4-3-10-5-7-14-8-6-10/h5-9,12H,3-4H2,1-2H3,(H,15,16)(H,17,18). The van der Waals surface area contributed by atoms with Gasteiger partial charge in [0.05, 0.1) is 0 Å². The lowest BCUT2D eigenvalue weighted by Crippen LogP contribution is -2.44. The molecule has 0 spiro atoms. The molecule has 0 aliphatic heterocycles. The van der Waals surface area contributed by atoms with Gasteiger partial charge in [-0.3, -0.25) is 9.78 Å². The van der Waals surface area contributed by atoms with Crippen LogP contribution in [0, 0.1) is 5.92 Å². The number of aliphatic carboxylic acids is 1. The number of hydrogen-bond donors (Lipinski definition) is 2. The Labute approximate surface area is 106 Å². The van der Waals surface area contributed by atoms with Gasteiger partial charge in [-0.15, -0.1) is 0 Å². The molecule has 0 saturated carbocycles. The van der Waals surface area contributed by atoms with Gasteiger partial charge in [0.2, 0.25) is 5.91 Å². The van der Waals surface area contributed by atoms with E-state index in [2.05, 4.69) is 10.3 Å². The Morgan fingerprint density at radius 3 is 2.44 bits per heavy atom. The van der Waals surface area contributed by atoms with Gasteiger partial charge in [0.15, 0.2) is 0 Å². The van der Waals surface area contributed by atoms with Gasteiger partial charge in [-0.1, -0.05) is 13.8 Å². The maximum Gasteiger partial charge on any atom is 0.326 e. The summed E-state index contributed by atoms with van der Waals surface area (Å²) >= 11 is 0. The number of pyridine rings is 1. The molecule has 1 aromatic heterocycles. The summed E-state index contributed by atoms with van der Waals surface area (Å²) in [5.74, 6) is -1.37. The van der Waals surface area contributed by atoms with Crippen LogP contribution < -0.4 is 5.32 Å². The van der Waals surface area contributed by atoms with E-state index in [-0.39, 0.29) is 18.2 Å². The molecule has 18 heavy (non-hydrogen) atoms. The lowest BCUT2D eigenvalue weighted by atomic mass is 10.0. The number of carboxylic acids is 1. The van der Waals surface area contributed by atoms with Crippen molar-refractivity contribution in [1.29, 1.82) is 0 Å². The van der Waals surface area contributed by atoms with Crippen LogP contribution in [0.5, 0.6) is 0 Å². The zero-order valence-electron chi connectivity index (χ0n) is 10.6. The maximum absolute atomic E-state index is 11.6. The molecule has 0 aliphatic rings. The number of carbonyl (C=O) groups is 2. The number of aromatic nitrogens is 1. The van der Waals surface area contributed by atoms with Gasteiger partial charge in [0, 0.05) is 18.8 Å². The van der Waals surface area contributed by atoms with Crippen molar-refractivity contribution in [2.24, 2.45) is 5.92 Å². The number of rotatable bonds is 6. The van der Waals surface area contributed by atoms with Gasteiger partial charge in [0.1, 0.15) is 6.04 Å². The molecule has 98 valence electrons. The molecule has 0 aliphatic carbocycles. The molecule has 0 bridgehead atoms. The number of hydrogen-bond acceptors (Lipinski definition) is 3. The van der Waals surface area contributed by atoms with Crippen molar-refractivity contribution >= 4 is 11.9 Å². The first-order valence-electron chi connectivity index (χ1n) is 5.91. The Balaban J connectivity index is 2.44. The van der Waals surface area contributed by atoms with Gasteiger partial charge >= 0.3 is 5.97 Å². The number of amides is 1. The van der Waals surface area contributed by atoms with Gasteiger partial charge in [0.25, 0.3) is 0 Å². The molecule has 1 atom stereocenters. The molecule has 1 rings (SSSR count). The highest BCUT2D eigenvalue weighted by Crippen LogP contribution is 2.04.